The minimum atomic E-state index is -4.04. The fourth-order valence-electron chi connectivity index (χ4n) is 1.59. The van der Waals surface area contributed by atoms with Gasteiger partial charge in [-0.05, 0) is 24.3 Å². The maximum Gasteiger partial charge on any atom is 0.291 e. The average Bonchev–Trinajstić information content (AvgIpc) is 2.59. The topological polar surface area (TPSA) is 77.3 Å². The molecule has 23 heavy (non-hydrogen) atoms. The minimum Gasteiger partial charge on any atom is -0.258 e. The lowest BCUT2D eigenvalue weighted by Crippen LogP contribution is -2.06. The maximum absolute atomic E-state index is 13.0. The van der Waals surface area contributed by atoms with Crippen LogP contribution in [0.25, 0.3) is 0 Å². The molecule has 5 nitrogen and oxygen atoms in total. The van der Waals surface area contributed by atoms with Gasteiger partial charge in [-0.15, -0.1) is 0 Å². The van der Waals surface area contributed by atoms with Crippen molar-refractivity contribution in [1.29, 1.82) is 0 Å². The first kappa shape index (κ1) is 20.7. The van der Waals surface area contributed by atoms with Crippen LogP contribution in [0.5, 0.6) is 0 Å². The zero-order valence-electron chi connectivity index (χ0n) is 13.5. The third kappa shape index (κ3) is 5.14. The number of hydrogen-bond donors (Lipinski definition) is 0. The summed E-state index contributed by atoms with van der Waals surface area (Å²) in [5.41, 5.74) is -0.774. The predicted molar refractivity (Wildman–Crippen MR) is 87.6 cm³/mol. The Balaban J connectivity index is 0.00000112. The van der Waals surface area contributed by atoms with Crippen LogP contribution in [0, 0.1) is 15.9 Å². The van der Waals surface area contributed by atoms with Gasteiger partial charge in [0, 0.05) is 0 Å². The van der Waals surface area contributed by atoms with Crippen LogP contribution >= 0.6 is 0 Å². The molecule has 0 aliphatic heterocycles. The van der Waals surface area contributed by atoms with Crippen molar-refractivity contribution in [2.24, 2.45) is 0 Å². The van der Waals surface area contributed by atoms with Crippen molar-refractivity contribution in [2.45, 2.75) is 37.5 Å². The summed E-state index contributed by atoms with van der Waals surface area (Å²) in [7, 11) is -4.04. The van der Waals surface area contributed by atoms with Crippen LogP contribution in [-0.2, 0) is 9.84 Å². The summed E-state index contributed by atoms with van der Waals surface area (Å²) in [4.78, 5) is 9.31. The number of nitro groups is 1. The van der Waals surface area contributed by atoms with Crippen molar-refractivity contribution in [3.05, 3.63) is 64.5 Å². The van der Waals surface area contributed by atoms with Crippen molar-refractivity contribution >= 4 is 15.5 Å². The molecule has 0 amide bonds. The highest BCUT2D eigenvalue weighted by atomic mass is 32.2. The summed E-state index contributed by atoms with van der Waals surface area (Å²) in [6.45, 7) is 8.00. The molecule has 0 heterocycles. The standard InChI is InChI=1S/C12H8FNO4S.2C2H6/c13-9-6-7-12(11(8-9)14(15)16)19(17,18)10-4-2-1-3-5-10;2*1-2/h1-8H;2*1-2H3. The summed E-state index contributed by atoms with van der Waals surface area (Å²) < 4.78 is 37.5. The number of rotatable bonds is 3. The van der Waals surface area contributed by atoms with Crippen LogP contribution in [-0.4, -0.2) is 13.3 Å². The SMILES string of the molecule is CC.CC.O=[N+]([O-])c1cc(F)ccc1S(=O)(=O)c1ccccc1. The van der Waals surface area contributed by atoms with Gasteiger partial charge in [0.15, 0.2) is 0 Å². The fourth-order valence-corrected chi connectivity index (χ4v) is 3.01. The van der Waals surface area contributed by atoms with Gasteiger partial charge in [-0.2, -0.15) is 0 Å². The van der Waals surface area contributed by atoms with Gasteiger partial charge in [0.25, 0.3) is 5.69 Å². The van der Waals surface area contributed by atoms with Gasteiger partial charge in [-0.1, -0.05) is 45.9 Å². The third-order valence-electron chi connectivity index (χ3n) is 2.46. The minimum absolute atomic E-state index is 0.0790. The number of halogens is 1. The molecule has 0 spiro atoms. The summed E-state index contributed by atoms with van der Waals surface area (Å²) in [6.07, 6.45) is 0. The molecule has 0 aromatic heterocycles. The monoisotopic (exact) mass is 341 g/mol. The Morgan fingerprint density at radius 3 is 1.96 bits per heavy atom. The summed E-state index contributed by atoms with van der Waals surface area (Å²) >= 11 is 0. The first-order valence-corrected chi connectivity index (χ1v) is 8.65. The predicted octanol–water partition coefficient (Wildman–Crippen LogP) is 4.62. The van der Waals surface area contributed by atoms with Crippen molar-refractivity contribution in [3.8, 4) is 0 Å². The highest BCUT2D eigenvalue weighted by Gasteiger charge is 2.27. The van der Waals surface area contributed by atoms with Crippen LogP contribution in [0.3, 0.4) is 0 Å². The maximum atomic E-state index is 13.0. The number of nitro benzene ring substituents is 1. The van der Waals surface area contributed by atoms with E-state index < -0.39 is 31.2 Å². The highest BCUT2D eigenvalue weighted by Crippen LogP contribution is 2.29. The van der Waals surface area contributed by atoms with Crippen molar-refractivity contribution in [1.82, 2.24) is 0 Å². The lowest BCUT2D eigenvalue weighted by molar-refractivity contribution is -0.388. The van der Waals surface area contributed by atoms with Crippen molar-refractivity contribution in [2.75, 3.05) is 0 Å². The number of hydrogen-bond acceptors (Lipinski definition) is 4. The molecule has 0 radical (unpaired) electrons. The molecule has 0 fully saturated rings. The van der Waals surface area contributed by atoms with Gasteiger partial charge in [0.2, 0.25) is 9.84 Å². The van der Waals surface area contributed by atoms with Gasteiger partial charge in [0.05, 0.1) is 15.9 Å². The van der Waals surface area contributed by atoms with E-state index in [1.165, 1.54) is 24.3 Å². The first-order chi connectivity index (χ1) is 10.9. The second-order valence-electron chi connectivity index (χ2n) is 3.69. The average molecular weight is 341 g/mol. The Kier molecular flexibility index (Phi) is 8.72. The van der Waals surface area contributed by atoms with E-state index in [9.17, 15) is 22.9 Å². The Morgan fingerprint density at radius 2 is 1.48 bits per heavy atom. The van der Waals surface area contributed by atoms with Crippen molar-refractivity contribution < 1.29 is 17.7 Å². The largest absolute Gasteiger partial charge is 0.291 e. The van der Waals surface area contributed by atoms with Gasteiger partial charge in [-0.25, -0.2) is 12.8 Å². The number of benzene rings is 2. The van der Waals surface area contributed by atoms with E-state index in [1.807, 2.05) is 27.7 Å². The second kappa shape index (κ2) is 9.68. The molecule has 0 saturated carbocycles. The molecule has 2 aromatic carbocycles. The molecular formula is C16H20FNO4S. The fraction of sp³-hybridized carbons (Fsp3) is 0.250. The quantitative estimate of drug-likeness (QED) is 0.464. The molecule has 2 rings (SSSR count). The van der Waals surface area contributed by atoms with E-state index >= 15 is 0 Å². The van der Waals surface area contributed by atoms with E-state index in [-0.39, 0.29) is 4.90 Å². The lowest BCUT2D eigenvalue weighted by atomic mass is 10.3. The molecule has 2 aromatic rings. The Labute approximate surface area is 135 Å². The Hall–Kier alpha value is -2.28. The van der Waals surface area contributed by atoms with E-state index in [0.29, 0.717) is 6.07 Å². The van der Waals surface area contributed by atoms with Gasteiger partial charge < -0.3 is 0 Å². The summed E-state index contributed by atoms with van der Waals surface area (Å²) in [6, 6.07) is 9.64. The molecule has 0 unspecified atom stereocenters. The van der Waals surface area contributed by atoms with E-state index in [1.54, 1.807) is 6.07 Å². The lowest BCUT2D eigenvalue weighted by Gasteiger charge is -2.05. The molecule has 0 saturated heterocycles. The van der Waals surface area contributed by atoms with Crippen LogP contribution in [0.4, 0.5) is 10.1 Å². The van der Waals surface area contributed by atoms with Crippen LogP contribution in [0.2, 0.25) is 0 Å². The number of nitrogens with zero attached hydrogens (tertiary/aromatic N) is 1. The van der Waals surface area contributed by atoms with Crippen LogP contribution in [0.15, 0.2) is 58.3 Å². The van der Waals surface area contributed by atoms with E-state index in [0.717, 1.165) is 12.1 Å². The normalized spacial score (nSPS) is 9.78. The van der Waals surface area contributed by atoms with Crippen LogP contribution in [0.1, 0.15) is 27.7 Å². The highest BCUT2D eigenvalue weighted by molar-refractivity contribution is 7.91. The second-order valence-corrected chi connectivity index (χ2v) is 5.60. The number of sulfone groups is 1. The molecule has 0 bridgehead atoms. The van der Waals surface area contributed by atoms with Crippen molar-refractivity contribution in [3.63, 3.8) is 0 Å². The summed E-state index contributed by atoms with van der Waals surface area (Å²) in [5, 5.41) is 10.8. The third-order valence-corrected chi connectivity index (χ3v) is 4.28. The smallest absolute Gasteiger partial charge is 0.258 e. The van der Waals surface area contributed by atoms with Gasteiger partial charge in [-0.3, -0.25) is 10.1 Å². The molecule has 7 heteroatoms. The first-order valence-electron chi connectivity index (χ1n) is 7.17. The summed E-state index contributed by atoms with van der Waals surface area (Å²) in [5.74, 6) is -0.862. The molecule has 0 aliphatic rings. The van der Waals surface area contributed by atoms with E-state index in [2.05, 4.69) is 0 Å². The Bertz CT molecular complexity index is 731. The Morgan fingerprint density at radius 1 is 0.957 bits per heavy atom. The van der Waals surface area contributed by atoms with Crippen LogP contribution < -0.4 is 0 Å². The molecule has 0 atom stereocenters. The van der Waals surface area contributed by atoms with E-state index in [4.69, 9.17) is 0 Å². The molecule has 0 N–H and O–H groups in total. The molecule has 0 aliphatic carbocycles. The van der Waals surface area contributed by atoms with Gasteiger partial charge >= 0.3 is 0 Å². The zero-order chi connectivity index (χ0) is 18.0. The molecule has 126 valence electrons. The zero-order valence-corrected chi connectivity index (χ0v) is 14.3. The van der Waals surface area contributed by atoms with Gasteiger partial charge in [0.1, 0.15) is 10.7 Å². The molecular weight excluding hydrogens is 321 g/mol.